The lowest BCUT2D eigenvalue weighted by atomic mass is 10.1. The van der Waals surface area contributed by atoms with E-state index in [0.29, 0.717) is 5.56 Å². The summed E-state index contributed by atoms with van der Waals surface area (Å²) in [5.74, 6) is -0.178. The molecule has 2 rings (SSSR count). The molecule has 0 bridgehead atoms. The van der Waals surface area contributed by atoms with Gasteiger partial charge in [0.05, 0.1) is 0 Å². The van der Waals surface area contributed by atoms with Crippen molar-refractivity contribution in [2.75, 3.05) is 5.32 Å². The number of Topliss-reactive ketones (excluding diaryl/α,β-unsaturated/α-hetero) is 1. The minimum Gasteiger partial charge on any atom is -0.326 e. The van der Waals surface area contributed by atoms with Crippen LogP contribution in [0.1, 0.15) is 23.2 Å². The summed E-state index contributed by atoms with van der Waals surface area (Å²) in [6.07, 6.45) is 0.393. The summed E-state index contributed by atoms with van der Waals surface area (Å²) < 4.78 is 0.899. The fraction of sp³-hybridized carbons (Fsp3) is 0.125. The van der Waals surface area contributed by atoms with Gasteiger partial charge < -0.3 is 5.32 Å². The number of rotatable bonds is 5. The highest BCUT2D eigenvalue weighted by Gasteiger charge is 2.09. The van der Waals surface area contributed by atoms with E-state index in [0.717, 1.165) is 10.2 Å². The van der Waals surface area contributed by atoms with E-state index in [1.54, 1.807) is 12.1 Å². The number of hydrogen-bond acceptors (Lipinski definition) is 2. The first-order chi connectivity index (χ1) is 9.65. The SMILES string of the molecule is O=C(CCC(=O)c1ccccc1)Nc1cccc(Br)c1. The number of carbonyl (C=O) groups is 2. The third kappa shape index (κ3) is 4.31. The van der Waals surface area contributed by atoms with Crippen molar-refractivity contribution in [3.05, 3.63) is 64.6 Å². The molecule has 20 heavy (non-hydrogen) atoms. The van der Waals surface area contributed by atoms with Gasteiger partial charge in [-0.15, -0.1) is 0 Å². The Bertz CT molecular complexity index is 611. The predicted octanol–water partition coefficient (Wildman–Crippen LogP) is 4.05. The van der Waals surface area contributed by atoms with E-state index >= 15 is 0 Å². The maximum atomic E-state index is 11.9. The summed E-state index contributed by atoms with van der Waals surface area (Å²) in [5, 5.41) is 2.77. The van der Waals surface area contributed by atoms with Gasteiger partial charge in [-0.2, -0.15) is 0 Å². The van der Waals surface area contributed by atoms with E-state index in [1.165, 1.54) is 0 Å². The number of amides is 1. The molecule has 0 heterocycles. The van der Waals surface area contributed by atoms with Crippen LogP contribution in [0.15, 0.2) is 59.1 Å². The molecule has 0 spiro atoms. The lowest BCUT2D eigenvalue weighted by Crippen LogP contribution is -2.13. The zero-order valence-electron chi connectivity index (χ0n) is 10.8. The van der Waals surface area contributed by atoms with Gasteiger partial charge in [0.15, 0.2) is 5.78 Å². The summed E-state index contributed by atoms with van der Waals surface area (Å²) in [6.45, 7) is 0. The Morgan fingerprint density at radius 2 is 1.70 bits per heavy atom. The first-order valence-corrected chi connectivity index (χ1v) is 7.08. The molecule has 0 unspecified atom stereocenters. The van der Waals surface area contributed by atoms with Gasteiger partial charge in [0, 0.05) is 28.6 Å². The van der Waals surface area contributed by atoms with Gasteiger partial charge in [0.1, 0.15) is 0 Å². The van der Waals surface area contributed by atoms with Crippen LogP contribution >= 0.6 is 15.9 Å². The van der Waals surface area contributed by atoms with E-state index in [1.807, 2.05) is 42.5 Å². The maximum absolute atomic E-state index is 11.9. The predicted molar refractivity (Wildman–Crippen MR) is 82.8 cm³/mol. The first kappa shape index (κ1) is 14.5. The average Bonchev–Trinajstić information content (AvgIpc) is 2.46. The Labute approximate surface area is 126 Å². The van der Waals surface area contributed by atoms with Crippen LogP contribution in [-0.4, -0.2) is 11.7 Å². The Hall–Kier alpha value is -1.94. The number of ketones is 1. The van der Waals surface area contributed by atoms with E-state index in [4.69, 9.17) is 0 Å². The van der Waals surface area contributed by atoms with E-state index in [2.05, 4.69) is 21.2 Å². The van der Waals surface area contributed by atoms with Crippen LogP contribution in [0.25, 0.3) is 0 Å². The highest BCUT2D eigenvalue weighted by molar-refractivity contribution is 9.10. The van der Waals surface area contributed by atoms with Crippen LogP contribution < -0.4 is 5.32 Å². The molecular weight excluding hydrogens is 318 g/mol. The largest absolute Gasteiger partial charge is 0.326 e. The zero-order chi connectivity index (χ0) is 14.4. The summed E-state index contributed by atoms with van der Waals surface area (Å²) >= 11 is 3.34. The monoisotopic (exact) mass is 331 g/mol. The number of halogens is 1. The van der Waals surface area contributed by atoms with Gasteiger partial charge in [0.2, 0.25) is 5.91 Å². The molecule has 1 amide bonds. The molecule has 2 aromatic rings. The Morgan fingerprint density at radius 1 is 0.950 bits per heavy atom. The van der Waals surface area contributed by atoms with Crippen molar-refractivity contribution in [3.8, 4) is 0 Å². The smallest absolute Gasteiger partial charge is 0.224 e. The summed E-state index contributed by atoms with van der Waals surface area (Å²) in [7, 11) is 0. The van der Waals surface area contributed by atoms with Gasteiger partial charge in [-0.3, -0.25) is 9.59 Å². The van der Waals surface area contributed by atoms with Crippen LogP contribution in [0.2, 0.25) is 0 Å². The number of hydrogen-bond donors (Lipinski definition) is 1. The molecule has 0 atom stereocenters. The summed E-state index contributed by atoms with van der Waals surface area (Å²) in [4.78, 5) is 23.6. The lowest BCUT2D eigenvalue weighted by Gasteiger charge is -2.05. The normalized spacial score (nSPS) is 10.1. The standard InChI is InChI=1S/C16H14BrNO2/c17-13-7-4-8-14(11-13)18-16(20)10-9-15(19)12-5-2-1-3-6-12/h1-8,11H,9-10H2,(H,18,20). The van der Waals surface area contributed by atoms with Crippen LogP contribution in [-0.2, 0) is 4.79 Å². The molecule has 0 radical (unpaired) electrons. The van der Waals surface area contributed by atoms with Crippen molar-refractivity contribution in [1.29, 1.82) is 0 Å². The van der Waals surface area contributed by atoms with Gasteiger partial charge in [-0.05, 0) is 18.2 Å². The van der Waals surface area contributed by atoms with Crippen molar-refractivity contribution < 1.29 is 9.59 Å². The Kier molecular flexibility index (Phi) is 5.07. The molecular formula is C16H14BrNO2. The molecule has 0 aliphatic carbocycles. The second-order valence-corrected chi connectivity index (χ2v) is 5.26. The highest BCUT2D eigenvalue weighted by Crippen LogP contribution is 2.16. The van der Waals surface area contributed by atoms with Crippen molar-refractivity contribution in [1.82, 2.24) is 0 Å². The molecule has 4 heteroatoms. The van der Waals surface area contributed by atoms with Crippen molar-refractivity contribution >= 4 is 33.3 Å². The van der Waals surface area contributed by atoms with Gasteiger partial charge in [-0.25, -0.2) is 0 Å². The summed E-state index contributed by atoms with van der Waals surface area (Å²) in [6, 6.07) is 16.4. The van der Waals surface area contributed by atoms with Gasteiger partial charge in [0.25, 0.3) is 0 Å². The van der Waals surface area contributed by atoms with Gasteiger partial charge in [-0.1, -0.05) is 52.3 Å². The molecule has 0 aromatic heterocycles. The van der Waals surface area contributed by atoms with Gasteiger partial charge >= 0.3 is 0 Å². The van der Waals surface area contributed by atoms with Crippen LogP contribution in [0.4, 0.5) is 5.69 Å². The molecule has 3 nitrogen and oxygen atoms in total. The van der Waals surface area contributed by atoms with Crippen molar-refractivity contribution in [3.63, 3.8) is 0 Å². The maximum Gasteiger partial charge on any atom is 0.224 e. The summed E-state index contributed by atoms with van der Waals surface area (Å²) in [5.41, 5.74) is 1.36. The molecule has 0 saturated carbocycles. The molecule has 0 aliphatic rings. The molecule has 102 valence electrons. The third-order valence-electron chi connectivity index (χ3n) is 2.78. The quantitative estimate of drug-likeness (QED) is 0.840. The second kappa shape index (κ2) is 7.01. The zero-order valence-corrected chi connectivity index (χ0v) is 12.4. The molecule has 0 fully saturated rings. The third-order valence-corrected chi connectivity index (χ3v) is 3.28. The fourth-order valence-electron chi connectivity index (χ4n) is 1.79. The number of nitrogens with one attached hydrogen (secondary N) is 1. The highest BCUT2D eigenvalue weighted by atomic mass is 79.9. The fourth-order valence-corrected chi connectivity index (χ4v) is 2.18. The second-order valence-electron chi connectivity index (χ2n) is 4.35. The molecule has 1 N–H and O–H groups in total. The van der Waals surface area contributed by atoms with Crippen molar-refractivity contribution in [2.24, 2.45) is 0 Å². The van der Waals surface area contributed by atoms with Crippen molar-refractivity contribution in [2.45, 2.75) is 12.8 Å². The Balaban J connectivity index is 1.85. The minimum absolute atomic E-state index is 0.0185. The number of benzene rings is 2. The van der Waals surface area contributed by atoms with Crippen LogP contribution in [0.5, 0.6) is 0 Å². The molecule has 0 saturated heterocycles. The average molecular weight is 332 g/mol. The van der Waals surface area contributed by atoms with Crippen LogP contribution in [0.3, 0.4) is 0 Å². The van der Waals surface area contributed by atoms with Crippen LogP contribution in [0, 0.1) is 0 Å². The van der Waals surface area contributed by atoms with E-state index < -0.39 is 0 Å². The van der Waals surface area contributed by atoms with E-state index in [-0.39, 0.29) is 24.5 Å². The molecule has 0 aliphatic heterocycles. The van der Waals surface area contributed by atoms with E-state index in [9.17, 15) is 9.59 Å². The number of carbonyl (C=O) groups excluding carboxylic acids is 2. The molecule has 2 aromatic carbocycles. The lowest BCUT2D eigenvalue weighted by molar-refractivity contribution is -0.116. The number of anilines is 1. The first-order valence-electron chi connectivity index (χ1n) is 6.29. The topological polar surface area (TPSA) is 46.2 Å². The minimum atomic E-state index is -0.160. The Morgan fingerprint density at radius 3 is 2.40 bits per heavy atom.